The molecule has 0 aromatic heterocycles. The molecule has 6 nitrogen and oxygen atoms in total. The number of rotatable bonds is 15. The second kappa shape index (κ2) is 14.9. The van der Waals surface area contributed by atoms with Crippen molar-refractivity contribution >= 4 is 17.7 Å². The summed E-state index contributed by atoms with van der Waals surface area (Å²) in [6, 6.07) is -1.14. The molecular weight excluding hydrogens is 310 g/mol. The minimum absolute atomic E-state index is 0.0684. The molecule has 0 aliphatic heterocycles. The lowest BCUT2D eigenvalue weighted by molar-refractivity contribution is -0.143. The largest absolute Gasteiger partial charge is 0.480 e. The van der Waals surface area contributed by atoms with Gasteiger partial charge < -0.3 is 15.5 Å². The number of nitrogens with one attached hydrogen (secondary N) is 1. The third kappa shape index (κ3) is 12.8. The maximum atomic E-state index is 11.7. The van der Waals surface area contributed by atoms with E-state index in [2.05, 4.69) is 24.4 Å². The summed E-state index contributed by atoms with van der Waals surface area (Å²) in [5.41, 5.74) is 0. The molecule has 0 unspecified atom stereocenters. The van der Waals surface area contributed by atoms with Crippen molar-refractivity contribution < 1.29 is 24.6 Å². The van der Waals surface area contributed by atoms with Crippen LogP contribution in [0.15, 0.2) is 12.2 Å². The summed E-state index contributed by atoms with van der Waals surface area (Å²) in [6.07, 6.45) is 11.6. The van der Waals surface area contributed by atoms with E-state index >= 15 is 0 Å². The third-order valence-electron chi connectivity index (χ3n) is 3.63. The van der Waals surface area contributed by atoms with Crippen molar-refractivity contribution in [3.63, 3.8) is 0 Å². The molecule has 0 radical (unpaired) electrons. The maximum absolute atomic E-state index is 11.7. The van der Waals surface area contributed by atoms with E-state index in [1.165, 1.54) is 12.8 Å². The molecule has 0 aliphatic rings. The predicted molar refractivity (Wildman–Crippen MR) is 92.6 cm³/mol. The number of carboxylic acids is 1. The molecule has 0 rings (SSSR count). The van der Waals surface area contributed by atoms with E-state index in [0.29, 0.717) is 6.42 Å². The summed E-state index contributed by atoms with van der Waals surface area (Å²) in [7, 11) is 0. The van der Waals surface area contributed by atoms with Gasteiger partial charge in [0.05, 0.1) is 6.42 Å². The number of unbranched alkanes of at least 4 members (excludes halogenated alkanes) is 5. The fourth-order valence-electron chi connectivity index (χ4n) is 2.22. The highest BCUT2D eigenvalue weighted by molar-refractivity contribution is 5.99. The molecule has 0 saturated heterocycles. The van der Waals surface area contributed by atoms with Crippen molar-refractivity contribution in [2.24, 2.45) is 0 Å². The average molecular weight is 341 g/mol. The Balaban J connectivity index is 3.76. The Labute approximate surface area is 144 Å². The van der Waals surface area contributed by atoms with E-state index in [9.17, 15) is 14.4 Å². The lowest BCUT2D eigenvalue weighted by Crippen LogP contribution is -2.42. The Morgan fingerprint density at radius 3 is 2.29 bits per heavy atom. The van der Waals surface area contributed by atoms with Gasteiger partial charge in [-0.15, -0.1) is 0 Å². The lowest BCUT2D eigenvalue weighted by atomic mass is 10.1. The molecule has 0 fully saturated rings. The van der Waals surface area contributed by atoms with Gasteiger partial charge in [0.15, 0.2) is 0 Å². The fraction of sp³-hybridized carbons (Fsp3) is 0.722. The Hall–Kier alpha value is -1.69. The van der Waals surface area contributed by atoms with E-state index < -0.39 is 17.9 Å². The molecule has 6 heteroatoms. The molecule has 1 atom stereocenters. The number of hydrogen-bond donors (Lipinski definition) is 3. The van der Waals surface area contributed by atoms with Crippen LogP contribution in [-0.4, -0.2) is 40.5 Å². The molecule has 0 aliphatic carbocycles. The van der Waals surface area contributed by atoms with Crippen LogP contribution in [-0.2, 0) is 14.4 Å². The maximum Gasteiger partial charge on any atom is 0.326 e. The zero-order chi connectivity index (χ0) is 18.2. The summed E-state index contributed by atoms with van der Waals surface area (Å²) >= 11 is 0. The van der Waals surface area contributed by atoms with Crippen molar-refractivity contribution in [3.8, 4) is 0 Å². The summed E-state index contributed by atoms with van der Waals surface area (Å²) in [6.45, 7) is 1.83. The number of aliphatic hydroxyl groups is 1. The Bertz CT molecular complexity index is 406. The second-order valence-corrected chi connectivity index (χ2v) is 5.90. The number of carboxylic acid groups (broad SMARTS) is 1. The van der Waals surface area contributed by atoms with Crippen molar-refractivity contribution in [1.29, 1.82) is 0 Å². The number of aliphatic hydroxyl groups excluding tert-OH is 1. The molecule has 3 N–H and O–H groups in total. The molecule has 0 saturated carbocycles. The number of ketones is 1. The molecule has 1 amide bonds. The van der Waals surface area contributed by atoms with Gasteiger partial charge in [0.25, 0.3) is 0 Å². The first-order chi connectivity index (χ1) is 11.5. The lowest BCUT2D eigenvalue weighted by Gasteiger charge is -2.12. The summed E-state index contributed by atoms with van der Waals surface area (Å²) < 4.78 is 0. The topological polar surface area (TPSA) is 104 Å². The van der Waals surface area contributed by atoms with Gasteiger partial charge in [-0.3, -0.25) is 9.59 Å². The van der Waals surface area contributed by atoms with E-state index in [0.717, 1.165) is 32.1 Å². The number of carbonyl (C=O) groups excluding carboxylic acids is 2. The van der Waals surface area contributed by atoms with Gasteiger partial charge in [0, 0.05) is 19.4 Å². The molecule has 24 heavy (non-hydrogen) atoms. The molecule has 0 aromatic rings. The first-order valence-electron chi connectivity index (χ1n) is 8.81. The van der Waals surface area contributed by atoms with Crippen LogP contribution >= 0.6 is 0 Å². The molecule has 0 spiro atoms. The second-order valence-electron chi connectivity index (χ2n) is 5.90. The number of aliphatic carboxylic acids is 1. The summed E-state index contributed by atoms with van der Waals surface area (Å²) in [5, 5.41) is 19.9. The smallest absolute Gasteiger partial charge is 0.326 e. The van der Waals surface area contributed by atoms with Gasteiger partial charge in [-0.05, 0) is 25.7 Å². The van der Waals surface area contributed by atoms with Crippen LogP contribution in [0.5, 0.6) is 0 Å². The quantitative estimate of drug-likeness (QED) is 0.241. The summed E-state index contributed by atoms with van der Waals surface area (Å²) in [5.74, 6) is -1.99. The van der Waals surface area contributed by atoms with E-state index in [4.69, 9.17) is 10.2 Å². The zero-order valence-electron chi connectivity index (χ0n) is 14.6. The van der Waals surface area contributed by atoms with E-state index in [1.54, 1.807) is 0 Å². The van der Waals surface area contributed by atoms with Crippen LogP contribution in [0.2, 0.25) is 0 Å². The van der Waals surface area contributed by atoms with Crippen molar-refractivity contribution in [3.05, 3.63) is 12.2 Å². The Kier molecular flexibility index (Phi) is 13.8. The molecule has 0 heterocycles. The Morgan fingerprint density at radius 2 is 1.71 bits per heavy atom. The summed E-state index contributed by atoms with van der Waals surface area (Å²) in [4.78, 5) is 34.2. The number of amides is 1. The van der Waals surface area contributed by atoms with Crippen molar-refractivity contribution in [2.75, 3.05) is 6.61 Å². The Morgan fingerprint density at radius 1 is 1.04 bits per heavy atom. The fourth-order valence-corrected chi connectivity index (χ4v) is 2.22. The van der Waals surface area contributed by atoms with Crippen LogP contribution in [0.1, 0.15) is 71.1 Å². The number of hydrogen-bond acceptors (Lipinski definition) is 4. The number of allylic oxidation sites excluding steroid dienone is 2. The minimum atomic E-state index is -1.21. The van der Waals surface area contributed by atoms with Crippen molar-refractivity contribution in [1.82, 2.24) is 5.32 Å². The highest BCUT2D eigenvalue weighted by atomic mass is 16.4. The first kappa shape index (κ1) is 22.3. The van der Waals surface area contributed by atoms with Gasteiger partial charge in [-0.1, -0.05) is 38.3 Å². The molecule has 138 valence electrons. The minimum Gasteiger partial charge on any atom is -0.480 e. The SMILES string of the molecule is CCCCC=CCCCCCC(=O)CC(=O)N[C@@H](CCO)C(=O)O. The van der Waals surface area contributed by atoms with Gasteiger partial charge in [0.1, 0.15) is 11.8 Å². The monoisotopic (exact) mass is 341 g/mol. The van der Waals surface area contributed by atoms with Crippen LogP contribution in [0, 0.1) is 0 Å². The number of carbonyl (C=O) groups is 3. The van der Waals surface area contributed by atoms with Gasteiger partial charge >= 0.3 is 5.97 Å². The average Bonchev–Trinajstić information content (AvgIpc) is 2.52. The van der Waals surface area contributed by atoms with Crippen molar-refractivity contribution in [2.45, 2.75) is 77.2 Å². The van der Waals surface area contributed by atoms with E-state index in [1.807, 2.05) is 0 Å². The molecule has 0 aromatic carbocycles. The highest BCUT2D eigenvalue weighted by Crippen LogP contribution is 2.07. The predicted octanol–water partition coefficient (Wildman–Crippen LogP) is 2.59. The van der Waals surface area contributed by atoms with E-state index in [-0.39, 0.29) is 25.2 Å². The molecular formula is C18H31NO5. The van der Waals surface area contributed by atoms with Gasteiger partial charge in [-0.25, -0.2) is 4.79 Å². The standard InChI is InChI=1S/C18H31NO5/c1-2-3-4-5-6-7-8-9-10-11-15(21)14-17(22)19-16(12-13-20)18(23)24/h5-6,16,20H,2-4,7-14H2,1H3,(H,19,22)(H,23,24)/t16-/m0/s1. The van der Waals surface area contributed by atoms with Crippen LogP contribution in [0.25, 0.3) is 0 Å². The third-order valence-corrected chi connectivity index (χ3v) is 3.63. The number of Topliss-reactive ketones (excluding diaryl/α,β-unsaturated/α-hetero) is 1. The highest BCUT2D eigenvalue weighted by Gasteiger charge is 2.20. The first-order valence-corrected chi connectivity index (χ1v) is 8.81. The molecule has 0 bridgehead atoms. The zero-order valence-corrected chi connectivity index (χ0v) is 14.6. The van der Waals surface area contributed by atoms with Gasteiger partial charge in [-0.2, -0.15) is 0 Å². The van der Waals surface area contributed by atoms with Crippen LogP contribution in [0.4, 0.5) is 0 Å². The normalized spacial score (nSPS) is 12.2. The van der Waals surface area contributed by atoms with Crippen LogP contribution in [0.3, 0.4) is 0 Å². The van der Waals surface area contributed by atoms with Crippen LogP contribution < -0.4 is 5.32 Å². The van der Waals surface area contributed by atoms with Gasteiger partial charge in [0.2, 0.25) is 5.91 Å².